The van der Waals surface area contributed by atoms with E-state index < -0.39 is 0 Å². The summed E-state index contributed by atoms with van der Waals surface area (Å²) in [5, 5.41) is 9.14. The van der Waals surface area contributed by atoms with Gasteiger partial charge in [-0.1, -0.05) is 35.0 Å². The van der Waals surface area contributed by atoms with Crippen molar-refractivity contribution in [1.82, 2.24) is 0 Å². The third-order valence-electron chi connectivity index (χ3n) is 2.79. The van der Waals surface area contributed by atoms with Gasteiger partial charge in [-0.2, -0.15) is 0 Å². The van der Waals surface area contributed by atoms with Crippen LogP contribution in [0.2, 0.25) is 0 Å². The van der Waals surface area contributed by atoms with Crippen LogP contribution in [0.4, 0.5) is 0 Å². The normalized spacial score (nSPS) is 14.9. The fourth-order valence-electron chi connectivity index (χ4n) is 1.69. The summed E-state index contributed by atoms with van der Waals surface area (Å²) in [7, 11) is 0. The largest absolute Gasteiger partial charge is 0.396 e. The van der Waals surface area contributed by atoms with E-state index in [1.165, 1.54) is 5.56 Å². The van der Waals surface area contributed by atoms with Crippen LogP contribution in [0.3, 0.4) is 0 Å². The molecule has 0 saturated carbocycles. The number of hydrogen-bond acceptors (Lipinski definition) is 2. The Morgan fingerprint density at radius 2 is 2.20 bits per heavy atom. The maximum Gasteiger partial charge on any atom is 0.0474 e. The Labute approximate surface area is 99.6 Å². The van der Waals surface area contributed by atoms with E-state index in [0.29, 0.717) is 12.5 Å². The molecule has 1 aromatic carbocycles. The van der Waals surface area contributed by atoms with Crippen LogP contribution in [0.5, 0.6) is 0 Å². The molecule has 2 unspecified atom stereocenters. The average molecular weight is 272 g/mol. The van der Waals surface area contributed by atoms with Crippen molar-refractivity contribution in [3.63, 3.8) is 0 Å². The van der Waals surface area contributed by atoms with E-state index in [-0.39, 0.29) is 12.5 Å². The number of aliphatic hydroxyl groups is 1. The fourth-order valence-corrected chi connectivity index (χ4v) is 2.14. The molecular formula is C12H18BrNO. The summed E-state index contributed by atoms with van der Waals surface area (Å²) in [4.78, 5) is 0. The van der Waals surface area contributed by atoms with Crippen LogP contribution < -0.4 is 5.73 Å². The second kappa shape index (κ2) is 6.26. The van der Waals surface area contributed by atoms with Gasteiger partial charge < -0.3 is 10.8 Å². The van der Waals surface area contributed by atoms with Crippen molar-refractivity contribution >= 4 is 15.9 Å². The Kier molecular flexibility index (Phi) is 5.29. The molecule has 15 heavy (non-hydrogen) atoms. The molecule has 1 rings (SSSR count). The van der Waals surface area contributed by atoms with Crippen LogP contribution in [0.15, 0.2) is 28.7 Å². The molecular weight excluding hydrogens is 254 g/mol. The summed E-state index contributed by atoms with van der Waals surface area (Å²) in [6.07, 6.45) is 0.960. The Morgan fingerprint density at radius 3 is 2.73 bits per heavy atom. The molecule has 0 aliphatic heterocycles. The second-order valence-corrected chi connectivity index (χ2v) is 4.91. The lowest BCUT2D eigenvalue weighted by Crippen LogP contribution is -2.26. The maximum absolute atomic E-state index is 9.14. The lowest BCUT2D eigenvalue weighted by molar-refractivity contribution is 0.187. The minimum Gasteiger partial charge on any atom is -0.396 e. The van der Waals surface area contributed by atoms with E-state index in [1.807, 2.05) is 12.1 Å². The Hall–Kier alpha value is -0.380. The molecule has 1 aromatic rings. The summed E-state index contributed by atoms with van der Waals surface area (Å²) in [6, 6.07) is 8.26. The second-order valence-electron chi connectivity index (χ2n) is 3.99. The van der Waals surface area contributed by atoms with Gasteiger partial charge in [-0.15, -0.1) is 0 Å². The first-order valence-electron chi connectivity index (χ1n) is 5.22. The van der Waals surface area contributed by atoms with Crippen molar-refractivity contribution < 1.29 is 5.11 Å². The molecule has 0 heterocycles. The first kappa shape index (κ1) is 12.7. The van der Waals surface area contributed by atoms with E-state index in [0.717, 1.165) is 10.9 Å². The van der Waals surface area contributed by atoms with Gasteiger partial charge >= 0.3 is 0 Å². The van der Waals surface area contributed by atoms with Crippen LogP contribution in [-0.4, -0.2) is 18.3 Å². The van der Waals surface area contributed by atoms with Crippen molar-refractivity contribution in [2.45, 2.75) is 13.3 Å². The molecule has 0 amide bonds. The SMILES string of the molecule is CC(Cc1cccc(Br)c1)C(CN)CO. The van der Waals surface area contributed by atoms with Crippen molar-refractivity contribution in [2.75, 3.05) is 13.2 Å². The maximum atomic E-state index is 9.14. The molecule has 2 nitrogen and oxygen atoms in total. The summed E-state index contributed by atoms with van der Waals surface area (Å²) in [6.45, 7) is 2.85. The van der Waals surface area contributed by atoms with Gasteiger partial charge in [0.05, 0.1) is 0 Å². The summed E-state index contributed by atoms with van der Waals surface area (Å²) in [5.74, 6) is 0.610. The molecule has 0 spiro atoms. The number of benzene rings is 1. The lowest BCUT2D eigenvalue weighted by atomic mass is 9.89. The lowest BCUT2D eigenvalue weighted by Gasteiger charge is -2.20. The molecule has 2 atom stereocenters. The van der Waals surface area contributed by atoms with Gasteiger partial charge in [0.2, 0.25) is 0 Å². The smallest absolute Gasteiger partial charge is 0.0474 e. The zero-order valence-electron chi connectivity index (χ0n) is 8.99. The third-order valence-corrected chi connectivity index (χ3v) is 3.28. The molecule has 0 aliphatic carbocycles. The van der Waals surface area contributed by atoms with Gasteiger partial charge in [0.25, 0.3) is 0 Å². The van der Waals surface area contributed by atoms with Gasteiger partial charge in [0.1, 0.15) is 0 Å². The molecule has 84 valence electrons. The molecule has 0 aliphatic rings. The summed E-state index contributed by atoms with van der Waals surface area (Å²) in [5.41, 5.74) is 6.88. The van der Waals surface area contributed by atoms with Gasteiger partial charge in [0, 0.05) is 11.1 Å². The summed E-state index contributed by atoms with van der Waals surface area (Å²) < 4.78 is 1.10. The summed E-state index contributed by atoms with van der Waals surface area (Å²) >= 11 is 3.45. The number of nitrogens with two attached hydrogens (primary N) is 1. The molecule has 0 bridgehead atoms. The zero-order chi connectivity index (χ0) is 11.3. The van der Waals surface area contributed by atoms with E-state index in [2.05, 4.69) is 35.0 Å². The van der Waals surface area contributed by atoms with Crippen molar-refractivity contribution in [3.8, 4) is 0 Å². The van der Waals surface area contributed by atoms with Crippen molar-refractivity contribution in [1.29, 1.82) is 0 Å². The quantitative estimate of drug-likeness (QED) is 0.863. The van der Waals surface area contributed by atoms with Crippen LogP contribution in [0.25, 0.3) is 0 Å². The minimum absolute atomic E-state index is 0.172. The fraction of sp³-hybridized carbons (Fsp3) is 0.500. The van der Waals surface area contributed by atoms with Crippen LogP contribution in [0, 0.1) is 11.8 Å². The molecule has 3 N–H and O–H groups in total. The molecule has 0 radical (unpaired) electrons. The van der Waals surface area contributed by atoms with Crippen molar-refractivity contribution in [3.05, 3.63) is 34.3 Å². The van der Waals surface area contributed by atoms with Gasteiger partial charge in [-0.25, -0.2) is 0 Å². The molecule has 0 saturated heterocycles. The highest BCUT2D eigenvalue weighted by atomic mass is 79.9. The molecule has 0 fully saturated rings. The highest BCUT2D eigenvalue weighted by molar-refractivity contribution is 9.10. The standard InChI is InChI=1S/C12H18BrNO/c1-9(11(7-14)8-15)5-10-3-2-4-12(13)6-10/h2-4,6,9,11,15H,5,7-8,14H2,1H3. The van der Waals surface area contributed by atoms with Crippen LogP contribution in [-0.2, 0) is 6.42 Å². The van der Waals surface area contributed by atoms with Crippen molar-refractivity contribution in [2.24, 2.45) is 17.6 Å². The van der Waals surface area contributed by atoms with E-state index in [4.69, 9.17) is 10.8 Å². The molecule has 3 heteroatoms. The first-order valence-corrected chi connectivity index (χ1v) is 6.02. The highest BCUT2D eigenvalue weighted by Gasteiger charge is 2.15. The third kappa shape index (κ3) is 3.93. The Balaban J connectivity index is 2.61. The first-order chi connectivity index (χ1) is 7.17. The van der Waals surface area contributed by atoms with E-state index in [9.17, 15) is 0 Å². The Bertz CT molecular complexity index is 299. The van der Waals surface area contributed by atoms with Crippen LogP contribution >= 0.6 is 15.9 Å². The number of halogens is 1. The predicted octanol–water partition coefficient (Wildman–Crippen LogP) is 2.19. The highest BCUT2D eigenvalue weighted by Crippen LogP contribution is 2.19. The minimum atomic E-state index is 0.172. The average Bonchev–Trinajstić information content (AvgIpc) is 2.19. The number of hydrogen-bond donors (Lipinski definition) is 2. The number of rotatable bonds is 5. The van der Waals surface area contributed by atoms with Gasteiger partial charge in [0.15, 0.2) is 0 Å². The van der Waals surface area contributed by atoms with E-state index in [1.54, 1.807) is 0 Å². The topological polar surface area (TPSA) is 46.2 Å². The molecule has 0 aromatic heterocycles. The van der Waals surface area contributed by atoms with Gasteiger partial charge in [-0.05, 0) is 42.5 Å². The zero-order valence-corrected chi connectivity index (χ0v) is 10.6. The van der Waals surface area contributed by atoms with Gasteiger partial charge in [-0.3, -0.25) is 0 Å². The predicted molar refractivity (Wildman–Crippen MR) is 66.6 cm³/mol. The number of aliphatic hydroxyl groups excluding tert-OH is 1. The van der Waals surface area contributed by atoms with E-state index >= 15 is 0 Å². The Morgan fingerprint density at radius 1 is 1.47 bits per heavy atom. The monoisotopic (exact) mass is 271 g/mol. The van der Waals surface area contributed by atoms with Crippen LogP contribution in [0.1, 0.15) is 12.5 Å².